The topological polar surface area (TPSA) is 104 Å². The summed E-state index contributed by atoms with van der Waals surface area (Å²) in [5.74, 6) is -1.89. The number of nitrogens with one attached hydrogen (secondary N) is 2. The van der Waals surface area contributed by atoms with Crippen molar-refractivity contribution in [3.05, 3.63) is 5.82 Å². The Morgan fingerprint density at radius 1 is 1.37 bits per heavy atom. The Labute approximate surface area is 109 Å². The molecule has 0 aliphatic rings. The average molecular weight is 298 g/mol. The fourth-order valence-electron chi connectivity index (χ4n) is 0.949. The van der Waals surface area contributed by atoms with Crippen molar-refractivity contribution in [2.75, 3.05) is 5.32 Å². The lowest BCUT2D eigenvalue weighted by Gasteiger charge is -2.28. The molecule has 0 bridgehead atoms. The van der Waals surface area contributed by atoms with Gasteiger partial charge in [0.25, 0.3) is 0 Å². The zero-order valence-electron chi connectivity index (χ0n) is 9.70. The SMILES string of the molecule is Cc1nsc(NC(=O)NC(C)(C(=O)O)C(F)(F)F)n1. The molecule has 0 radical (unpaired) electrons. The van der Waals surface area contributed by atoms with E-state index in [0.29, 0.717) is 12.7 Å². The van der Waals surface area contributed by atoms with E-state index in [2.05, 4.69) is 9.36 Å². The van der Waals surface area contributed by atoms with Gasteiger partial charge in [-0.05, 0) is 13.8 Å². The molecule has 2 amide bonds. The molecule has 1 aromatic heterocycles. The number of rotatable bonds is 3. The van der Waals surface area contributed by atoms with Crippen LogP contribution < -0.4 is 10.6 Å². The van der Waals surface area contributed by atoms with Crippen LogP contribution in [0.15, 0.2) is 0 Å². The average Bonchev–Trinajstić information content (AvgIpc) is 2.61. The fourth-order valence-corrected chi connectivity index (χ4v) is 1.52. The van der Waals surface area contributed by atoms with Crippen LogP contribution in [0.3, 0.4) is 0 Å². The van der Waals surface area contributed by atoms with E-state index in [9.17, 15) is 22.8 Å². The molecule has 0 aromatic carbocycles. The van der Waals surface area contributed by atoms with Crippen molar-refractivity contribution in [2.24, 2.45) is 0 Å². The van der Waals surface area contributed by atoms with Gasteiger partial charge in [-0.15, -0.1) is 0 Å². The van der Waals surface area contributed by atoms with Crippen molar-refractivity contribution < 1.29 is 27.9 Å². The second-order valence-corrected chi connectivity index (χ2v) is 4.41. The van der Waals surface area contributed by atoms with Crippen LogP contribution >= 0.6 is 11.5 Å². The molecule has 0 fully saturated rings. The van der Waals surface area contributed by atoms with Crippen LogP contribution in [0.2, 0.25) is 0 Å². The van der Waals surface area contributed by atoms with Gasteiger partial charge in [0.05, 0.1) is 0 Å². The van der Waals surface area contributed by atoms with E-state index in [-0.39, 0.29) is 5.13 Å². The number of hydrogen-bond acceptors (Lipinski definition) is 5. The molecule has 0 aliphatic heterocycles. The Balaban J connectivity index is 2.81. The number of aryl methyl sites for hydroxylation is 1. The number of carboxylic acids is 1. The largest absolute Gasteiger partial charge is 0.479 e. The third-order valence-corrected chi connectivity index (χ3v) is 2.83. The first-order chi connectivity index (χ1) is 8.56. The smallest absolute Gasteiger partial charge is 0.422 e. The number of amides is 2. The summed E-state index contributed by atoms with van der Waals surface area (Å²) in [7, 11) is 0. The van der Waals surface area contributed by atoms with Gasteiger partial charge in [0.2, 0.25) is 10.7 Å². The zero-order valence-corrected chi connectivity index (χ0v) is 10.5. The minimum atomic E-state index is -5.15. The maximum absolute atomic E-state index is 12.6. The van der Waals surface area contributed by atoms with E-state index in [1.165, 1.54) is 12.2 Å². The summed E-state index contributed by atoms with van der Waals surface area (Å²) in [6, 6.07) is -1.33. The number of nitrogens with zero attached hydrogens (tertiary/aromatic N) is 2. The molecule has 0 saturated heterocycles. The van der Waals surface area contributed by atoms with Gasteiger partial charge < -0.3 is 10.4 Å². The molecule has 7 nitrogen and oxygen atoms in total. The van der Waals surface area contributed by atoms with Gasteiger partial charge in [-0.1, -0.05) is 0 Å². The van der Waals surface area contributed by atoms with E-state index >= 15 is 0 Å². The lowest BCUT2D eigenvalue weighted by molar-refractivity contribution is -0.203. The standard InChI is InChI=1S/C8H9F3N4O3S/c1-3-12-6(19-15-3)13-5(18)14-7(2,4(16)17)8(9,10)11/h1-2H3,(H,16,17)(H2,12,13,14,15,18). The summed E-state index contributed by atoms with van der Waals surface area (Å²) in [5, 5.41) is 11.9. The highest BCUT2D eigenvalue weighted by Gasteiger charge is 2.58. The Morgan fingerprint density at radius 3 is 2.32 bits per heavy atom. The first-order valence-corrected chi connectivity index (χ1v) is 5.53. The van der Waals surface area contributed by atoms with Crippen LogP contribution in [0.25, 0.3) is 0 Å². The highest BCUT2D eigenvalue weighted by molar-refractivity contribution is 7.09. The van der Waals surface area contributed by atoms with Gasteiger partial charge in [0.1, 0.15) is 5.82 Å². The summed E-state index contributed by atoms with van der Waals surface area (Å²) in [4.78, 5) is 25.7. The van der Waals surface area contributed by atoms with E-state index in [4.69, 9.17) is 5.11 Å². The molecule has 106 valence electrons. The predicted octanol–water partition coefficient (Wildman–Crippen LogP) is 1.37. The number of carbonyl (C=O) groups is 2. The molecule has 3 N–H and O–H groups in total. The molecule has 1 unspecified atom stereocenters. The first-order valence-electron chi connectivity index (χ1n) is 4.76. The summed E-state index contributed by atoms with van der Waals surface area (Å²) in [6.07, 6.45) is -5.15. The third kappa shape index (κ3) is 3.30. The molecule has 19 heavy (non-hydrogen) atoms. The van der Waals surface area contributed by atoms with E-state index < -0.39 is 23.7 Å². The van der Waals surface area contributed by atoms with E-state index in [0.717, 1.165) is 11.5 Å². The van der Waals surface area contributed by atoms with Crippen LogP contribution in [0.5, 0.6) is 0 Å². The van der Waals surface area contributed by atoms with E-state index in [1.54, 1.807) is 0 Å². The van der Waals surface area contributed by atoms with Crippen molar-refractivity contribution in [3.8, 4) is 0 Å². The number of carbonyl (C=O) groups excluding carboxylic acids is 1. The van der Waals surface area contributed by atoms with Crippen LogP contribution in [0, 0.1) is 6.92 Å². The summed E-state index contributed by atoms with van der Waals surface area (Å²) < 4.78 is 41.5. The van der Waals surface area contributed by atoms with E-state index in [1.807, 2.05) is 5.32 Å². The Morgan fingerprint density at radius 2 is 1.95 bits per heavy atom. The molecular weight excluding hydrogens is 289 g/mol. The molecule has 11 heteroatoms. The summed E-state index contributed by atoms with van der Waals surface area (Å²) in [6.45, 7) is 1.87. The maximum atomic E-state index is 12.6. The second-order valence-electron chi connectivity index (χ2n) is 3.65. The highest BCUT2D eigenvalue weighted by Crippen LogP contribution is 2.30. The monoisotopic (exact) mass is 298 g/mol. The number of urea groups is 1. The van der Waals surface area contributed by atoms with Gasteiger partial charge in [-0.2, -0.15) is 17.5 Å². The number of anilines is 1. The molecule has 1 heterocycles. The Hall–Kier alpha value is -1.91. The van der Waals surface area contributed by atoms with Gasteiger partial charge in [-0.25, -0.2) is 14.6 Å². The van der Waals surface area contributed by atoms with Gasteiger partial charge in [0.15, 0.2) is 0 Å². The quantitative estimate of drug-likeness (QED) is 0.782. The highest BCUT2D eigenvalue weighted by atomic mass is 32.1. The summed E-state index contributed by atoms with van der Waals surface area (Å²) >= 11 is 0.758. The van der Waals surface area contributed by atoms with Crippen molar-refractivity contribution in [3.63, 3.8) is 0 Å². The number of hydrogen-bond donors (Lipinski definition) is 3. The molecule has 0 spiro atoms. The minimum Gasteiger partial charge on any atom is -0.479 e. The van der Waals surface area contributed by atoms with Crippen LogP contribution in [0.1, 0.15) is 12.7 Å². The van der Waals surface area contributed by atoms with Gasteiger partial charge >= 0.3 is 18.2 Å². The maximum Gasteiger partial charge on any atom is 0.422 e. The van der Waals surface area contributed by atoms with Crippen LogP contribution in [0.4, 0.5) is 23.1 Å². The lowest BCUT2D eigenvalue weighted by Crippen LogP contribution is -2.62. The van der Waals surface area contributed by atoms with Crippen LogP contribution in [-0.2, 0) is 4.79 Å². The van der Waals surface area contributed by atoms with Gasteiger partial charge in [-0.3, -0.25) is 5.32 Å². The number of carboxylic acid groups (broad SMARTS) is 1. The molecule has 0 aliphatic carbocycles. The van der Waals surface area contributed by atoms with Crippen molar-refractivity contribution in [2.45, 2.75) is 25.6 Å². The third-order valence-electron chi connectivity index (χ3n) is 2.11. The van der Waals surface area contributed by atoms with Crippen molar-refractivity contribution in [1.82, 2.24) is 14.7 Å². The molecular formula is C8H9F3N4O3S. The fraction of sp³-hybridized carbons (Fsp3) is 0.500. The lowest BCUT2D eigenvalue weighted by atomic mass is 10.0. The number of alkyl halides is 3. The predicted molar refractivity (Wildman–Crippen MR) is 58.9 cm³/mol. The van der Waals surface area contributed by atoms with Crippen molar-refractivity contribution in [1.29, 1.82) is 0 Å². The molecule has 1 atom stereocenters. The van der Waals surface area contributed by atoms with Gasteiger partial charge in [0, 0.05) is 11.5 Å². The molecule has 0 saturated carbocycles. The van der Waals surface area contributed by atoms with Crippen molar-refractivity contribution >= 4 is 28.7 Å². The first kappa shape index (κ1) is 15.1. The zero-order chi connectivity index (χ0) is 14.8. The number of aliphatic carboxylic acids is 1. The van der Waals surface area contributed by atoms with Crippen LogP contribution in [-0.4, -0.2) is 38.2 Å². The minimum absolute atomic E-state index is 0.0371. The number of halogens is 3. The normalized spacial score (nSPS) is 14.6. The molecule has 1 rings (SSSR count). The Bertz CT molecular complexity index is 504. The number of aromatic nitrogens is 2. The second kappa shape index (κ2) is 4.99. The molecule has 1 aromatic rings. The summed E-state index contributed by atoms with van der Waals surface area (Å²) in [5.41, 5.74) is -3.39. The Kier molecular flexibility index (Phi) is 3.98.